The number of hydrogen-bond donors (Lipinski definition) is 1. The van der Waals surface area contributed by atoms with Gasteiger partial charge < -0.3 is 10.6 Å². The molecule has 138 valence electrons. The van der Waals surface area contributed by atoms with Crippen LogP contribution in [-0.4, -0.2) is 39.7 Å². The highest BCUT2D eigenvalue weighted by Crippen LogP contribution is 2.32. The minimum Gasteiger partial charge on any atom is -0.334 e. The Balaban J connectivity index is 0.00000196. The van der Waals surface area contributed by atoms with Crippen molar-refractivity contribution in [2.45, 2.75) is 25.8 Å². The number of aryl methyl sites for hydroxylation is 1. The number of carbonyl (C=O) groups is 1. The quantitative estimate of drug-likeness (QED) is 0.739. The first-order valence-electron chi connectivity index (χ1n) is 8.34. The lowest BCUT2D eigenvalue weighted by atomic mass is 10.2. The SMILES string of the molecule is Cc1nn(-c2ccc(F)cc2)c2sc(C(=O)N3CCCC3CN)cc12.Cl. The van der Waals surface area contributed by atoms with Crippen molar-refractivity contribution in [1.82, 2.24) is 14.7 Å². The molecule has 4 rings (SSSR count). The predicted octanol–water partition coefficient (Wildman–Crippen LogP) is 3.52. The number of likely N-dealkylation sites (tertiary alicyclic amines) is 1. The zero-order valence-corrected chi connectivity index (χ0v) is 15.9. The van der Waals surface area contributed by atoms with Crippen molar-refractivity contribution in [3.8, 4) is 5.69 Å². The van der Waals surface area contributed by atoms with Crippen molar-refractivity contribution < 1.29 is 9.18 Å². The van der Waals surface area contributed by atoms with Crippen molar-refractivity contribution >= 4 is 39.9 Å². The molecule has 1 aliphatic rings. The van der Waals surface area contributed by atoms with Crippen LogP contribution in [0.2, 0.25) is 0 Å². The lowest BCUT2D eigenvalue weighted by Crippen LogP contribution is -2.39. The van der Waals surface area contributed by atoms with Crippen LogP contribution in [0.15, 0.2) is 30.3 Å². The predicted molar refractivity (Wildman–Crippen MR) is 104 cm³/mol. The highest BCUT2D eigenvalue weighted by atomic mass is 35.5. The molecule has 2 N–H and O–H groups in total. The number of benzene rings is 1. The Morgan fingerprint density at radius 3 is 2.81 bits per heavy atom. The second-order valence-corrected chi connectivity index (χ2v) is 7.36. The van der Waals surface area contributed by atoms with Crippen LogP contribution in [0.1, 0.15) is 28.2 Å². The van der Waals surface area contributed by atoms with Gasteiger partial charge in [-0.1, -0.05) is 0 Å². The van der Waals surface area contributed by atoms with Crippen LogP contribution in [0, 0.1) is 12.7 Å². The van der Waals surface area contributed by atoms with E-state index in [1.807, 2.05) is 17.9 Å². The van der Waals surface area contributed by atoms with Crippen LogP contribution in [0.5, 0.6) is 0 Å². The summed E-state index contributed by atoms with van der Waals surface area (Å²) < 4.78 is 15.0. The molecule has 2 aromatic heterocycles. The smallest absolute Gasteiger partial charge is 0.264 e. The fraction of sp³-hybridized carbons (Fsp3) is 0.333. The third kappa shape index (κ3) is 3.11. The Labute approximate surface area is 161 Å². The number of halogens is 2. The van der Waals surface area contributed by atoms with Gasteiger partial charge in [0.1, 0.15) is 10.6 Å². The second kappa shape index (κ2) is 7.34. The summed E-state index contributed by atoms with van der Waals surface area (Å²) in [4.78, 5) is 16.4. The Kier molecular flexibility index (Phi) is 5.32. The molecule has 1 aliphatic heterocycles. The van der Waals surface area contributed by atoms with E-state index in [0.29, 0.717) is 11.4 Å². The summed E-state index contributed by atoms with van der Waals surface area (Å²) in [5.74, 6) is -0.244. The van der Waals surface area contributed by atoms with E-state index in [1.165, 1.54) is 23.5 Å². The summed E-state index contributed by atoms with van der Waals surface area (Å²) in [6.07, 6.45) is 1.97. The van der Waals surface area contributed by atoms with E-state index >= 15 is 0 Å². The van der Waals surface area contributed by atoms with E-state index in [1.54, 1.807) is 16.8 Å². The summed E-state index contributed by atoms with van der Waals surface area (Å²) in [6.45, 7) is 3.18. The van der Waals surface area contributed by atoms with E-state index in [9.17, 15) is 9.18 Å². The van der Waals surface area contributed by atoms with Gasteiger partial charge in [-0.3, -0.25) is 4.79 Å². The number of thiophene rings is 1. The molecule has 0 aliphatic carbocycles. The first kappa shape index (κ1) is 18.8. The molecule has 1 unspecified atom stereocenters. The number of aromatic nitrogens is 2. The molecule has 26 heavy (non-hydrogen) atoms. The molecule has 1 atom stereocenters. The maximum Gasteiger partial charge on any atom is 0.264 e. The molecule has 0 radical (unpaired) electrons. The number of fused-ring (bicyclic) bond motifs is 1. The molecular weight excluding hydrogens is 375 g/mol. The largest absolute Gasteiger partial charge is 0.334 e. The monoisotopic (exact) mass is 394 g/mol. The molecule has 0 spiro atoms. The van der Waals surface area contributed by atoms with Crippen LogP contribution in [0.25, 0.3) is 15.9 Å². The van der Waals surface area contributed by atoms with Gasteiger partial charge in [0.15, 0.2) is 0 Å². The number of nitrogens with zero attached hydrogens (tertiary/aromatic N) is 3. The molecule has 1 aromatic carbocycles. The van der Waals surface area contributed by atoms with Crippen LogP contribution < -0.4 is 5.73 Å². The highest BCUT2D eigenvalue weighted by Gasteiger charge is 2.30. The third-order valence-electron chi connectivity index (χ3n) is 4.74. The summed E-state index contributed by atoms with van der Waals surface area (Å²) >= 11 is 1.43. The molecule has 5 nitrogen and oxygen atoms in total. The normalized spacial score (nSPS) is 16.9. The van der Waals surface area contributed by atoms with Gasteiger partial charge in [-0.25, -0.2) is 9.07 Å². The molecule has 8 heteroatoms. The molecule has 1 fully saturated rings. The van der Waals surface area contributed by atoms with Gasteiger partial charge in [-0.05, 0) is 50.1 Å². The maximum atomic E-state index is 13.2. The van der Waals surface area contributed by atoms with Crippen molar-refractivity contribution in [1.29, 1.82) is 0 Å². The minimum atomic E-state index is -0.284. The number of hydrogen-bond acceptors (Lipinski definition) is 4. The fourth-order valence-corrected chi connectivity index (χ4v) is 4.54. The Hall–Kier alpha value is -1.96. The Morgan fingerprint density at radius 2 is 2.12 bits per heavy atom. The van der Waals surface area contributed by atoms with Crippen molar-refractivity contribution in [3.63, 3.8) is 0 Å². The molecular formula is C18H20ClFN4OS. The summed E-state index contributed by atoms with van der Waals surface area (Å²) in [7, 11) is 0. The zero-order valence-electron chi connectivity index (χ0n) is 14.3. The van der Waals surface area contributed by atoms with Gasteiger partial charge in [0, 0.05) is 24.5 Å². The van der Waals surface area contributed by atoms with Gasteiger partial charge in [0.05, 0.1) is 16.3 Å². The number of carbonyl (C=O) groups excluding carboxylic acids is 1. The van der Waals surface area contributed by atoms with Crippen LogP contribution >= 0.6 is 23.7 Å². The molecule has 3 aromatic rings. The van der Waals surface area contributed by atoms with E-state index in [2.05, 4.69) is 5.10 Å². The molecule has 0 bridgehead atoms. The van der Waals surface area contributed by atoms with Gasteiger partial charge in [0.2, 0.25) is 0 Å². The Bertz CT molecular complexity index is 937. The molecule has 1 saturated heterocycles. The second-order valence-electron chi connectivity index (χ2n) is 6.33. The zero-order chi connectivity index (χ0) is 17.6. The molecule has 1 amide bonds. The molecule has 3 heterocycles. The highest BCUT2D eigenvalue weighted by molar-refractivity contribution is 7.20. The Morgan fingerprint density at radius 1 is 1.38 bits per heavy atom. The van der Waals surface area contributed by atoms with E-state index in [0.717, 1.165) is 41.0 Å². The van der Waals surface area contributed by atoms with E-state index < -0.39 is 0 Å². The van der Waals surface area contributed by atoms with Crippen molar-refractivity contribution in [2.75, 3.05) is 13.1 Å². The van der Waals surface area contributed by atoms with E-state index in [-0.39, 0.29) is 30.2 Å². The first-order chi connectivity index (χ1) is 12.1. The standard InChI is InChI=1S/C18H19FN4OS.ClH/c1-11-15-9-16(17(24)22-8-2-3-14(22)10-20)25-18(15)23(21-11)13-6-4-12(19)5-7-13;/h4-7,9,14H,2-3,8,10,20H2,1H3;1H. The minimum absolute atomic E-state index is 0. The van der Waals surface area contributed by atoms with Gasteiger partial charge >= 0.3 is 0 Å². The van der Waals surface area contributed by atoms with Crippen molar-refractivity contribution in [2.24, 2.45) is 5.73 Å². The first-order valence-corrected chi connectivity index (χ1v) is 9.16. The average Bonchev–Trinajstić information content (AvgIpc) is 3.31. The third-order valence-corrected chi connectivity index (χ3v) is 5.84. The summed E-state index contributed by atoms with van der Waals surface area (Å²) in [6, 6.07) is 8.24. The average molecular weight is 395 g/mol. The number of amides is 1. The molecule has 0 saturated carbocycles. The lowest BCUT2D eigenvalue weighted by Gasteiger charge is -2.22. The van der Waals surface area contributed by atoms with Crippen LogP contribution in [-0.2, 0) is 0 Å². The van der Waals surface area contributed by atoms with Crippen molar-refractivity contribution in [3.05, 3.63) is 46.7 Å². The summed E-state index contributed by atoms with van der Waals surface area (Å²) in [5, 5.41) is 5.50. The maximum absolute atomic E-state index is 13.2. The lowest BCUT2D eigenvalue weighted by molar-refractivity contribution is 0.0746. The van der Waals surface area contributed by atoms with Gasteiger partial charge in [0.25, 0.3) is 5.91 Å². The fourth-order valence-electron chi connectivity index (χ4n) is 3.40. The summed E-state index contributed by atoms with van der Waals surface area (Å²) in [5.41, 5.74) is 7.43. The number of rotatable bonds is 3. The topological polar surface area (TPSA) is 64.2 Å². The van der Waals surface area contributed by atoms with Gasteiger partial charge in [-0.15, -0.1) is 23.7 Å². The van der Waals surface area contributed by atoms with E-state index in [4.69, 9.17) is 5.73 Å². The van der Waals surface area contributed by atoms with Crippen LogP contribution in [0.3, 0.4) is 0 Å². The van der Waals surface area contributed by atoms with Crippen LogP contribution in [0.4, 0.5) is 4.39 Å². The van der Waals surface area contributed by atoms with Gasteiger partial charge in [-0.2, -0.15) is 5.10 Å². The number of nitrogens with two attached hydrogens (primary N) is 1.